The van der Waals surface area contributed by atoms with E-state index in [2.05, 4.69) is 17.2 Å². The van der Waals surface area contributed by atoms with Crippen LogP contribution >= 0.6 is 0 Å². The summed E-state index contributed by atoms with van der Waals surface area (Å²) in [5, 5.41) is 14.3. The van der Waals surface area contributed by atoms with Crippen LogP contribution in [0.25, 0.3) is 0 Å². The highest BCUT2D eigenvalue weighted by molar-refractivity contribution is 5.61. The van der Waals surface area contributed by atoms with Crippen LogP contribution in [0.1, 0.15) is 33.6 Å². The van der Waals surface area contributed by atoms with E-state index in [1.54, 1.807) is 6.07 Å². The number of nitro groups is 1. The number of nitrogens with one attached hydrogen (secondary N) is 1. The van der Waals surface area contributed by atoms with Gasteiger partial charge in [0.15, 0.2) is 0 Å². The Labute approximate surface area is 114 Å². The van der Waals surface area contributed by atoms with E-state index in [1.165, 1.54) is 6.07 Å². The van der Waals surface area contributed by atoms with Crippen molar-refractivity contribution in [3.05, 3.63) is 22.2 Å². The lowest BCUT2D eigenvalue weighted by atomic mass is 10.3. The lowest BCUT2D eigenvalue weighted by Gasteiger charge is -2.21. The molecule has 1 aromatic heterocycles. The Bertz CT molecular complexity index is 423. The molecule has 1 N–H and O–H groups in total. The van der Waals surface area contributed by atoms with Gasteiger partial charge in [-0.2, -0.15) is 0 Å². The molecule has 1 rings (SSSR count). The van der Waals surface area contributed by atoms with Crippen LogP contribution < -0.4 is 10.2 Å². The first kappa shape index (κ1) is 15.2. The number of rotatable bonds is 8. The standard InChI is InChI=1S/C13H22N4O2/c1-4-9-14-12-8-7-11(17(18)19)13(15-12)16(6-3)10-5-2/h7-8H,4-6,9-10H2,1-3H3,(H,14,15). The Hall–Kier alpha value is -1.85. The molecule has 6 nitrogen and oxygen atoms in total. The number of aromatic nitrogens is 1. The van der Waals surface area contributed by atoms with Crippen LogP contribution in [0, 0.1) is 10.1 Å². The van der Waals surface area contributed by atoms with E-state index in [1.807, 2.05) is 18.7 Å². The quantitative estimate of drug-likeness (QED) is 0.578. The highest BCUT2D eigenvalue weighted by Gasteiger charge is 2.20. The predicted molar refractivity (Wildman–Crippen MR) is 77.9 cm³/mol. The molecule has 0 spiro atoms. The predicted octanol–water partition coefficient (Wildman–Crippen LogP) is 3.05. The maximum absolute atomic E-state index is 11.1. The Morgan fingerprint density at radius 3 is 2.58 bits per heavy atom. The van der Waals surface area contributed by atoms with Crippen molar-refractivity contribution < 1.29 is 4.92 Å². The van der Waals surface area contributed by atoms with Crippen LogP contribution in [0.3, 0.4) is 0 Å². The molecule has 6 heteroatoms. The smallest absolute Gasteiger partial charge is 0.311 e. The number of pyridine rings is 1. The van der Waals surface area contributed by atoms with Crippen molar-refractivity contribution in [2.45, 2.75) is 33.6 Å². The van der Waals surface area contributed by atoms with Gasteiger partial charge < -0.3 is 10.2 Å². The topological polar surface area (TPSA) is 71.3 Å². The summed E-state index contributed by atoms with van der Waals surface area (Å²) in [5.41, 5.74) is 0.0670. The van der Waals surface area contributed by atoms with Crippen molar-refractivity contribution in [1.29, 1.82) is 0 Å². The minimum Gasteiger partial charge on any atom is -0.370 e. The normalized spacial score (nSPS) is 10.3. The van der Waals surface area contributed by atoms with E-state index in [9.17, 15) is 10.1 Å². The summed E-state index contributed by atoms with van der Waals surface area (Å²) >= 11 is 0. The molecule has 0 aliphatic heterocycles. The van der Waals surface area contributed by atoms with E-state index in [4.69, 9.17) is 0 Å². The maximum Gasteiger partial charge on any atom is 0.311 e. The van der Waals surface area contributed by atoms with Crippen LogP contribution in [0.2, 0.25) is 0 Å². The van der Waals surface area contributed by atoms with Gasteiger partial charge in [-0.25, -0.2) is 4.98 Å². The van der Waals surface area contributed by atoms with Gasteiger partial charge in [0.05, 0.1) is 4.92 Å². The fraction of sp³-hybridized carbons (Fsp3) is 0.615. The van der Waals surface area contributed by atoms with Gasteiger partial charge in [0.1, 0.15) is 5.82 Å². The second kappa shape index (κ2) is 7.56. The molecule has 1 aromatic rings. The minimum absolute atomic E-state index is 0.0670. The number of hydrogen-bond donors (Lipinski definition) is 1. The lowest BCUT2D eigenvalue weighted by molar-refractivity contribution is -0.384. The summed E-state index contributed by atoms with van der Waals surface area (Å²) in [6.45, 7) is 8.38. The van der Waals surface area contributed by atoms with Crippen molar-refractivity contribution in [3.8, 4) is 0 Å². The second-order valence-electron chi connectivity index (χ2n) is 4.30. The van der Waals surface area contributed by atoms with Gasteiger partial charge in [0, 0.05) is 25.7 Å². The van der Waals surface area contributed by atoms with E-state index in [-0.39, 0.29) is 10.6 Å². The van der Waals surface area contributed by atoms with Crippen LogP contribution in [0.5, 0.6) is 0 Å². The lowest BCUT2D eigenvalue weighted by Crippen LogP contribution is -2.25. The van der Waals surface area contributed by atoms with Gasteiger partial charge in [-0.05, 0) is 25.8 Å². The zero-order chi connectivity index (χ0) is 14.3. The molecule has 1 heterocycles. The number of nitrogens with zero attached hydrogens (tertiary/aromatic N) is 3. The molecule has 0 aliphatic rings. The third-order valence-corrected chi connectivity index (χ3v) is 2.78. The van der Waals surface area contributed by atoms with Crippen LogP contribution in [0.15, 0.2) is 12.1 Å². The maximum atomic E-state index is 11.1. The molecule has 0 fully saturated rings. The van der Waals surface area contributed by atoms with Crippen molar-refractivity contribution >= 4 is 17.3 Å². The molecule has 106 valence electrons. The molecule has 0 saturated carbocycles. The molecular formula is C13H22N4O2. The monoisotopic (exact) mass is 266 g/mol. The third kappa shape index (κ3) is 4.08. The van der Waals surface area contributed by atoms with Crippen LogP contribution in [-0.2, 0) is 0 Å². The fourth-order valence-electron chi connectivity index (χ4n) is 1.85. The van der Waals surface area contributed by atoms with Gasteiger partial charge >= 0.3 is 5.69 Å². The van der Waals surface area contributed by atoms with Crippen molar-refractivity contribution in [2.75, 3.05) is 29.9 Å². The molecule has 0 saturated heterocycles. The first-order valence-corrected chi connectivity index (χ1v) is 6.78. The first-order valence-electron chi connectivity index (χ1n) is 6.78. The molecule has 0 aromatic carbocycles. The van der Waals surface area contributed by atoms with Crippen molar-refractivity contribution in [1.82, 2.24) is 4.98 Å². The van der Waals surface area contributed by atoms with Gasteiger partial charge in [0.25, 0.3) is 0 Å². The second-order valence-corrected chi connectivity index (χ2v) is 4.30. The SMILES string of the molecule is CCCNc1ccc([N+](=O)[O-])c(N(CC)CCC)n1. The summed E-state index contributed by atoms with van der Waals surface area (Å²) in [6, 6.07) is 3.19. The highest BCUT2D eigenvalue weighted by Crippen LogP contribution is 2.27. The Kier molecular flexibility index (Phi) is 6.05. The van der Waals surface area contributed by atoms with Gasteiger partial charge in [-0.3, -0.25) is 10.1 Å². The molecule has 0 radical (unpaired) electrons. The van der Waals surface area contributed by atoms with Gasteiger partial charge in [-0.15, -0.1) is 0 Å². The van der Waals surface area contributed by atoms with E-state index in [0.29, 0.717) is 18.2 Å². The average Bonchev–Trinajstić information content (AvgIpc) is 2.42. The minimum atomic E-state index is -0.371. The third-order valence-electron chi connectivity index (χ3n) is 2.78. The average molecular weight is 266 g/mol. The van der Waals surface area contributed by atoms with Gasteiger partial charge in [0.2, 0.25) is 5.82 Å². The summed E-state index contributed by atoms with van der Waals surface area (Å²) < 4.78 is 0. The first-order chi connectivity index (χ1) is 9.13. The fourth-order valence-corrected chi connectivity index (χ4v) is 1.85. The Balaban J connectivity index is 3.10. The highest BCUT2D eigenvalue weighted by atomic mass is 16.6. The van der Waals surface area contributed by atoms with E-state index >= 15 is 0 Å². The Morgan fingerprint density at radius 1 is 1.32 bits per heavy atom. The van der Waals surface area contributed by atoms with Crippen LogP contribution in [-0.4, -0.2) is 29.5 Å². The number of hydrogen-bond acceptors (Lipinski definition) is 5. The summed E-state index contributed by atoms with van der Waals surface area (Å²) in [7, 11) is 0. The van der Waals surface area contributed by atoms with E-state index in [0.717, 1.165) is 25.9 Å². The molecule has 0 aliphatic carbocycles. The number of anilines is 2. The van der Waals surface area contributed by atoms with Crippen LogP contribution in [0.4, 0.5) is 17.3 Å². The van der Waals surface area contributed by atoms with Crippen molar-refractivity contribution in [2.24, 2.45) is 0 Å². The zero-order valence-corrected chi connectivity index (χ0v) is 11.8. The largest absolute Gasteiger partial charge is 0.370 e. The molecular weight excluding hydrogens is 244 g/mol. The molecule has 0 bridgehead atoms. The Morgan fingerprint density at radius 2 is 2.05 bits per heavy atom. The summed E-state index contributed by atoms with van der Waals surface area (Å²) in [4.78, 5) is 17.1. The molecule has 19 heavy (non-hydrogen) atoms. The summed E-state index contributed by atoms with van der Waals surface area (Å²) in [5.74, 6) is 1.15. The summed E-state index contributed by atoms with van der Waals surface area (Å²) in [6.07, 6.45) is 1.92. The molecule has 0 amide bonds. The molecule has 0 unspecified atom stereocenters. The van der Waals surface area contributed by atoms with E-state index < -0.39 is 0 Å². The molecule has 0 atom stereocenters. The van der Waals surface area contributed by atoms with Gasteiger partial charge in [-0.1, -0.05) is 13.8 Å². The van der Waals surface area contributed by atoms with Crippen molar-refractivity contribution in [3.63, 3.8) is 0 Å². The zero-order valence-electron chi connectivity index (χ0n) is 11.8.